The number of benzene rings is 1. The number of hydrogen-bond donors (Lipinski definition) is 1. The highest BCUT2D eigenvalue weighted by molar-refractivity contribution is 5.92. The number of halogens is 3. The van der Waals surface area contributed by atoms with Gasteiger partial charge in [-0.05, 0) is 18.2 Å². The molecule has 0 aliphatic heterocycles. The van der Waals surface area contributed by atoms with Crippen LogP contribution < -0.4 is 10.6 Å². The molecule has 1 aromatic rings. The summed E-state index contributed by atoms with van der Waals surface area (Å²) < 4.78 is 44.5. The second-order valence-electron chi connectivity index (χ2n) is 4.47. The van der Waals surface area contributed by atoms with Gasteiger partial charge < -0.3 is 20.1 Å². The van der Waals surface area contributed by atoms with Gasteiger partial charge in [0.05, 0.1) is 23.5 Å². The van der Waals surface area contributed by atoms with Crippen LogP contribution in [0.15, 0.2) is 18.2 Å². The minimum atomic E-state index is -4.39. The Hall–Kier alpha value is -1.96. The van der Waals surface area contributed by atoms with E-state index in [-0.39, 0.29) is 18.8 Å². The van der Waals surface area contributed by atoms with Gasteiger partial charge in [0.15, 0.2) is 0 Å². The molecule has 0 unspecified atom stereocenters. The molecule has 0 aromatic heterocycles. The largest absolute Gasteiger partial charge is 0.460 e. The molecular weight excluding hydrogens is 289 g/mol. The summed E-state index contributed by atoms with van der Waals surface area (Å²) >= 11 is 0. The van der Waals surface area contributed by atoms with E-state index in [1.54, 1.807) is 11.0 Å². The number of carbonyl (C=O) groups is 1. The molecule has 0 radical (unpaired) electrons. The van der Waals surface area contributed by atoms with Gasteiger partial charge in [0, 0.05) is 14.1 Å². The van der Waals surface area contributed by atoms with Crippen LogP contribution in [0.3, 0.4) is 0 Å². The van der Waals surface area contributed by atoms with Crippen LogP contribution in [0.5, 0.6) is 0 Å². The Labute approximate surface area is 120 Å². The number of nitrogens with zero attached hydrogens (tertiary/aromatic N) is 1. The van der Waals surface area contributed by atoms with Crippen molar-refractivity contribution in [2.75, 3.05) is 44.5 Å². The normalized spacial score (nSPS) is 11.3. The monoisotopic (exact) mass is 306 g/mol. The molecule has 1 rings (SSSR count). The number of hydrogen-bond acceptors (Lipinski definition) is 5. The van der Waals surface area contributed by atoms with Crippen molar-refractivity contribution in [1.82, 2.24) is 0 Å². The van der Waals surface area contributed by atoms with Crippen molar-refractivity contribution in [1.29, 1.82) is 0 Å². The standard InChI is InChI=1S/C13H17F3N2O3/c1-18(2)11-4-3-9(7-10(11)17)12(19)21-6-5-20-8-13(14,15)16/h3-4,7H,5-6,8,17H2,1-2H3. The molecule has 0 aliphatic rings. The molecule has 118 valence electrons. The maximum absolute atomic E-state index is 11.8. The summed E-state index contributed by atoms with van der Waals surface area (Å²) in [5.74, 6) is -0.664. The SMILES string of the molecule is CN(C)c1ccc(C(=O)OCCOCC(F)(F)F)cc1N. The first kappa shape index (κ1) is 17.1. The quantitative estimate of drug-likeness (QED) is 0.495. The van der Waals surface area contributed by atoms with Crippen molar-refractivity contribution in [2.24, 2.45) is 0 Å². The van der Waals surface area contributed by atoms with Crippen molar-refractivity contribution >= 4 is 17.3 Å². The van der Waals surface area contributed by atoms with Crippen molar-refractivity contribution in [2.45, 2.75) is 6.18 Å². The number of anilines is 2. The number of nitrogens with two attached hydrogens (primary N) is 1. The van der Waals surface area contributed by atoms with E-state index in [1.165, 1.54) is 12.1 Å². The van der Waals surface area contributed by atoms with Gasteiger partial charge in [-0.15, -0.1) is 0 Å². The molecule has 0 saturated carbocycles. The highest BCUT2D eigenvalue weighted by Crippen LogP contribution is 2.22. The summed E-state index contributed by atoms with van der Waals surface area (Å²) in [6, 6.07) is 4.64. The molecule has 0 saturated heterocycles. The van der Waals surface area contributed by atoms with Crippen LogP contribution in [0.4, 0.5) is 24.5 Å². The zero-order valence-corrected chi connectivity index (χ0v) is 11.7. The molecule has 0 fully saturated rings. The van der Waals surface area contributed by atoms with Crippen molar-refractivity contribution in [3.8, 4) is 0 Å². The lowest BCUT2D eigenvalue weighted by atomic mass is 10.1. The molecule has 5 nitrogen and oxygen atoms in total. The third-order valence-corrected chi connectivity index (χ3v) is 2.47. The zero-order chi connectivity index (χ0) is 16.0. The van der Waals surface area contributed by atoms with E-state index in [0.29, 0.717) is 5.69 Å². The third-order valence-electron chi connectivity index (χ3n) is 2.47. The molecule has 0 bridgehead atoms. The van der Waals surface area contributed by atoms with E-state index in [2.05, 4.69) is 4.74 Å². The Morgan fingerprint density at radius 3 is 2.48 bits per heavy atom. The fourth-order valence-electron chi connectivity index (χ4n) is 1.55. The lowest BCUT2D eigenvalue weighted by Gasteiger charge is -2.15. The van der Waals surface area contributed by atoms with Crippen molar-refractivity contribution < 1.29 is 27.4 Å². The second-order valence-corrected chi connectivity index (χ2v) is 4.47. The average molecular weight is 306 g/mol. The van der Waals surface area contributed by atoms with Gasteiger partial charge in [-0.1, -0.05) is 0 Å². The second kappa shape index (κ2) is 7.16. The minimum absolute atomic E-state index is 0.230. The smallest absolute Gasteiger partial charge is 0.411 e. The molecule has 0 spiro atoms. The number of nitrogen functional groups attached to an aromatic ring is 1. The molecule has 0 atom stereocenters. The predicted octanol–water partition coefficient (Wildman–Crippen LogP) is 2.07. The number of carbonyl (C=O) groups excluding carboxylic acids is 1. The van der Waals surface area contributed by atoms with Gasteiger partial charge in [0.1, 0.15) is 13.2 Å². The van der Waals surface area contributed by atoms with Gasteiger partial charge in [-0.25, -0.2) is 4.79 Å². The molecule has 8 heteroatoms. The summed E-state index contributed by atoms with van der Waals surface area (Å²) in [5.41, 5.74) is 7.17. The molecular formula is C13H17F3N2O3. The van der Waals surface area contributed by atoms with Crippen LogP contribution in [0.25, 0.3) is 0 Å². The molecule has 21 heavy (non-hydrogen) atoms. The minimum Gasteiger partial charge on any atom is -0.460 e. The highest BCUT2D eigenvalue weighted by Gasteiger charge is 2.27. The first-order chi connectivity index (χ1) is 9.70. The van der Waals surface area contributed by atoms with Gasteiger partial charge in [-0.3, -0.25) is 0 Å². The van der Waals surface area contributed by atoms with Crippen LogP contribution in [0.1, 0.15) is 10.4 Å². The van der Waals surface area contributed by atoms with E-state index in [1.807, 2.05) is 14.1 Å². The maximum atomic E-state index is 11.8. The van der Waals surface area contributed by atoms with Crippen molar-refractivity contribution in [3.63, 3.8) is 0 Å². The van der Waals surface area contributed by atoms with Gasteiger partial charge in [0.2, 0.25) is 0 Å². The van der Waals surface area contributed by atoms with E-state index in [9.17, 15) is 18.0 Å². The summed E-state index contributed by atoms with van der Waals surface area (Å²) in [6.45, 7) is -1.95. The number of esters is 1. The summed E-state index contributed by atoms with van der Waals surface area (Å²) in [6.07, 6.45) is -4.39. The van der Waals surface area contributed by atoms with E-state index >= 15 is 0 Å². The summed E-state index contributed by atoms with van der Waals surface area (Å²) in [7, 11) is 3.61. The summed E-state index contributed by atoms with van der Waals surface area (Å²) in [4.78, 5) is 13.5. The predicted molar refractivity (Wildman–Crippen MR) is 72.3 cm³/mol. The van der Waals surface area contributed by atoms with E-state index in [4.69, 9.17) is 10.5 Å². The van der Waals surface area contributed by atoms with Crippen molar-refractivity contribution in [3.05, 3.63) is 23.8 Å². The molecule has 0 amide bonds. The van der Waals surface area contributed by atoms with Gasteiger partial charge in [-0.2, -0.15) is 13.2 Å². The average Bonchev–Trinajstić information content (AvgIpc) is 2.36. The maximum Gasteiger partial charge on any atom is 0.411 e. The third kappa shape index (κ3) is 5.90. The number of alkyl halides is 3. The highest BCUT2D eigenvalue weighted by atomic mass is 19.4. The number of rotatable bonds is 6. The van der Waals surface area contributed by atoms with E-state index in [0.717, 1.165) is 5.69 Å². The van der Waals surface area contributed by atoms with Crippen LogP contribution in [-0.4, -0.2) is 46.1 Å². The van der Waals surface area contributed by atoms with Crippen LogP contribution in [0.2, 0.25) is 0 Å². The van der Waals surface area contributed by atoms with Gasteiger partial charge >= 0.3 is 12.1 Å². The summed E-state index contributed by atoms with van der Waals surface area (Å²) in [5, 5.41) is 0. The topological polar surface area (TPSA) is 64.8 Å². The Balaban J connectivity index is 2.44. The van der Waals surface area contributed by atoms with Crippen LogP contribution in [-0.2, 0) is 9.47 Å². The fraction of sp³-hybridized carbons (Fsp3) is 0.462. The molecule has 0 aliphatic carbocycles. The van der Waals surface area contributed by atoms with Gasteiger partial charge in [0.25, 0.3) is 0 Å². The lowest BCUT2D eigenvalue weighted by Crippen LogP contribution is -2.20. The Morgan fingerprint density at radius 1 is 1.29 bits per heavy atom. The van der Waals surface area contributed by atoms with Crippen LogP contribution in [0, 0.1) is 0 Å². The Kier molecular flexibility index (Phi) is 5.83. The number of ether oxygens (including phenoxy) is 2. The zero-order valence-electron chi connectivity index (χ0n) is 11.7. The molecule has 2 N–H and O–H groups in total. The van der Waals surface area contributed by atoms with Crippen LogP contribution >= 0.6 is 0 Å². The molecule has 1 aromatic carbocycles. The molecule has 0 heterocycles. The Bertz CT molecular complexity index is 490. The first-order valence-electron chi connectivity index (χ1n) is 6.09. The lowest BCUT2D eigenvalue weighted by molar-refractivity contribution is -0.175. The first-order valence-corrected chi connectivity index (χ1v) is 6.09. The van der Waals surface area contributed by atoms with E-state index < -0.39 is 18.8 Å². The Morgan fingerprint density at radius 2 is 1.95 bits per heavy atom. The fourth-order valence-corrected chi connectivity index (χ4v) is 1.55.